The summed E-state index contributed by atoms with van der Waals surface area (Å²) in [6.45, 7) is 4.53. The van der Waals surface area contributed by atoms with E-state index in [0.29, 0.717) is 28.5 Å². The molecule has 3 rings (SSSR count). The second-order valence-corrected chi connectivity index (χ2v) is 7.59. The highest BCUT2D eigenvalue weighted by Gasteiger charge is 2.18. The lowest BCUT2D eigenvalue weighted by Crippen LogP contribution is -2.22. The molecule has 3 aromatic heterocycles. The van der Waals surface area contributed by atoms with E-state index in [1.807, 2.05) is 29.8 Å². The lowest BCUT2D eigenvalue weighted by atomic mass is 10.2. The van der Waals surface area contributed by atoms with Crippen LogP contribution in [-0.4, -0.2) is 27.9 Å². The molecule has 0 saturated heterocycles. The van der Waals surface area contributed by atoms with Crippen molar-refractivity contribution in [2.45, 2.75) is 25.5 Å². The molecule has 5 nitrogen and oxygen atoms in total. The first-order valence-electron chi connectivity index (χ1n) is 7.50. The zero-order valence-electron chi connectivity index (χ0n) is 13.3. The van der Waals surface area contributed by atoms with Crippen LogP contribution in [0.15, 0.2) is 32.8 Å². The minimum absolute atomic E-state index is 0.0569. The minimum Gasteiger partial charge on any atom is -0.465 e. The molecule has 0 amide bonds. The van der Waals surface area contributed by atoms with Crippen LogP contribution in [0.2, 0.25) is 0 Å². The van der Waals surface area contributed by atoms with Crippen molar-refractivity contribution >= 4 is 50.6 Å². The standard InChI is InChI=1S/C16H16N2O3S3/c1-3-18-15(20)13-10(11-6-5-7-22-11)8-23-14(13)17-16(18)24-9-12(19)21-4-2/h5-8H,3-4,9H2,1-2H3. The molecule has 126 valence electrons. The van der Waals surface area contributed by atoms with Crippen molar-refractivity contribution in [3.8, 4) is 10.4 Å². The summed E-state index contributed by atoms with van der Waals surface area (Å²) < 4.78 is 6.56. The van der Waals surface area contributed by atoms with E-state index in [-0.39, 0.29) is 17.3 Å². The fourth-order valence-electron chi connectivity index (χ4n) is 2.33. The topological polar surface area (TPSA) is 61.2 Å². The average molecular weight is 381 g/mol. The maximum absolute atomic E-state index is 12.9. The van der Waals surface area contributed by atoms with Crippen molar-refractivity contribution in [1.29, 1.82) is 0 Å². The summed E-state index contributed by atoms with van der Waals surface area (Å²) in [4.78, 5) is 30.9. The van der Waals surface area contributed by atoms with Crippen LogP contribution in [-0.2, 0) is 16.1 Å². The number of ether oxygens (including phenoxy) is 1. The SMILES string of the molecule is CCOC(=O)CSc1nc2scc(-c3cccs3)c2c(=O)n1CC. The molecule has 0 saturated carbocycles. The molecular formula is C16H16N2O3S3. The van der Waals surface area contributed by atoms with Crippen LogP contribution in [0.5, 0.6) is 0 Å². The van der Waals surface area contributed by atoms with Crippen molar-refractivity contribution < 1.29 is 9.53 Å². The van der Waals surface area contributed by atoms with Crippen LogP contribution in [0.25, 0.3) is 20.7 Å². The van der Waals surface area contributed by atoms with Gasteiger partial charge in [0.05, 0.1) is 17.7 Å². The number of rotatable bonds is 6. The van der Waals surface area contributed by atoms with Crippen LogP contribution in [0.4, 0.5) is 0 Å². The molecule has 0 atom stereocenters. The number of carbonyl (C=O) groups is 1. The van der Waals surface area contributed by atoms with Gasteiger partial charge in [-0.1, -0.05) is 17.8 Å². The molecule has 0 unspecified atom stereocenters. The Labute approximate surface area is 151 Å². The number of nitrogens with zero attached hydrogens (tertiary/aromatic N) is 2. The van der Waals surface area contributed by atoms with Crippen molar-refractivity contribution in [1.82, 2.24) is 9.55 Å². The lowest BCUT2D eigenvalue weighted by molar-refractivity contribution is -0.139. The van der Waals surface area contributed by atoms with Crippen LogP contribution in [0.1, 0.15) is 13.8 Å². The molecule has 8 heteroatoms. The van der Waals surface area contributed by atoms with Crippen molar-refractivity contribution in [3.05, 3.63) is 33.2 Å². The highest BCUT2D eigenvalue weighted by molar-refractivity contribution is 7.99. The second kappa shape index (κ2) is 7.50. The third-order valence-corrected chi connectivity index (χ3v) is 6.11. The number of hydrogen-bond acceptors (Lipinski definition) is 7. The van der Waals surface area contributed by atoms with Gasteiger partial charge in [0.1, 0.15) is 4.83 Å². The first-order valence-corrected chi connectivity index (χ1v) is 10.2. The van der Waals surface area contributed by atoms with Gasteiger partial charge in [0, 0.05) is 22.4 Å². The van der Waals surface area contributed by atoms with Gasteiger partial charge in [-0.3, -0.25) is 14.2 Å². The Kier molecular flexibility index (Phi) is 5.37. The number of thiophene rings is 2. The first kappa shape index (κ1) is 17.2. The fourth-order valence-corrected chi connectivity index (χ4v) is 5.00. The number of esters is 1. The van der Waals surface area contributed by atoms with Gasteiger partial charge >= 0.3 is 5.97 Å². The van der Waals surface area contributed by atoms with Crippen LogP contribution in [0.3, 0.4) is 0 Å². The van der Waals surface area contributed by atoms with E-state index < -0.39 is 0 Å². The third kappa shape index (κ3) is 3.26. The van der Waals surface area contributed by atoms with Crippen molar-refractivity contribution in [3.63, 3.8) is 0 Å². The van der Waals surface area contributed by atoms with Gasteiger partial charge in [0.15, 0.2) is 5.16 Å². The molecule has 0 aliphatic rings. The van der Waals surface area contributed by atoms with E-state index in [1.54, 1.807) is 22.8 Å². The Morgan fingerprint density at radius 1 is 1.38 bits per heavy atom. The van der Waals surface area contributed by atoms with Gasteiger partial charge in [-0.05, 0) is 25.3 Å². The molecular weight excluding hydrogens is 364 g/mol. The van der Waals surface area contributed by atoms with E-state index in [0.717, 1.165) is 10.4 Å². The molecule has 0 N–H and O–H groups in total. The first-order chi connectivity index (χ1) is 11.7. The summed E-state index contributed by atoms with van der Waals surface area (Å²) in [6, 6.07) is 3.98. The normalized spacial score (nSPS) is 11.1. The molecule has 0 aliphatic carbocycles. The monoisotopic (exact) mass is 380 g/mol. The fraction of sp³-hybridized carbons (Fsp3) is 0.312. The smallest absolute Gasteiger partial charge is 0.316 e. The Balaban J connectivity index is 2.04. The molecule has 0 radical (unpaired) electrons. The summed E-state index contributed by atoms with van der Waals surface area (Å²) in [6.07, 6.45) is 0. The summed E-state index contributed by atoms with van der Waals surface area (Å²) in [5.41, 5.74) is 0.880. The molecule has 0 aromatic carbocycles. The Bertz CT molecular complexity index is 913. The molecule has 0 bridgehead atoms. The largest absolute Gasteiger partial charge is 0.465 e. The molecule has 0 aliphatic heterocycles. The quantitative estimate of drug-likeness (QED) is 0.369. The summed E-state index contributed by atoms with van der Waals surface area (Å²) in [5.74, 6) is -0.153. The number of aromatic nitrogens is 2. The molecule has 24 heavy (non-hydrogen) atoms. The molecule has 3 heterocycles. The van der Waals surface area contributed by atoms with Crippen LogP contribution in [0, 0.1) is 0 Å². The van der Waals surface area contributed by atoms with Crippen LogP contribution >= 0.6 is 34.4 Å². The number of carbonyl (C=O) groups excluding carboxylic acids is 1. The van der Waals surface area contributed by atoms with Gasteiger partial charge in [-0.15, -0.1) is 22.7 Å². The number of hydrogen-bond donors (Lipinski definition) is 0. The Hall–Kier alpha value is -1.64. The highest BCUT2D eigenvalue weighted by atomic mass is 32.2. The summed E-state index contributed by atoms with van der Waals surface area (Å²) in [5, 5.41) is 5.19. The Morgan fingerprint density at radius 3 is 2.88 bits per heavy atom. The van der Waals surface area contributed by atoms with Gasteiger partial charge in [0.2, 0.25) is 0 Å². The van der Waals surface area contributed by atoms with Crippen LogP contribution < -0.4 is 5.56 Å². The molecule has 3 aromatic rings. The molecule has 0 fully saturated rings. The molecule has 0 spiro atoms. The summed E-state index contributed by atoms with van der Waals surface area (Å²) in [7, 11) is 0. The van der Waals surface area contributed by atoms with Gasteiger partial charge < -0.3 is 4.74 Å². The van der Waals surface area contributed by atoms with E-state index in [9.17, 15) is 9.59 Å². The zero-order valence-corrected chi connectivity index (χ0v) is 15.7. The van der Waals surface area contributed by atoms with Gasteiger partial charge in [0.25, 0.3) is 5.56 Å². The highest BCUT2D eigenvalue weighted by Crippen LogP contribution is 2.34. The summed E-state index contributed by atoms with van der Waals surface area (Å²) >= 11 is 4.30. The maximum atomic E-state index is 12.9. The van der Waals surface area contributed by atoms with E-state index in [2.05, 4.69) is 4.98 Å². The number of thioether (sulfide) groups is 1. The zero-order chi connectivity index (χ0) is 17.1. The third-order valence-electron chi connectivity index (χ3n) is 3.39. The van der Waals surface area contributed by atoms with Gasteiger partial charge in [-0.2, -0.15) is 0 Å². The predicted molar refractivity (Wildman–Crippen MR) is 100 cm³/mol. The Morgan fingerprint density at radius 2 is 2.21 bits per heavy atom. The number of fused-ring (bicyclic) bond motifs is 1. The van der Waals surface area contributed by atoms with E-state index in [1.165, 1.54) is 23.1 Å². The lowest BCUT2D eigenvalue weighted by Gasteiger charge is -2.10. The van der Waals surface area contributed by atoms with Crippen molar-refractivity contribution in [2.75, 3.05) is 12.4 Å². The van der Waals surface area contributed by atoms with E-state index in [4.69, 9.17) is 4.74 Å². The van der Waals surface area contributed by atoms with Gasteiger partial charge in [-0.25, -0.2) is 4.98 Å². The van der Waals surface area contributed by atoms with Crippen molar-refractivity contribution in [2.24, 2.45) is 0 Å². The second-order valence-electron chi connectivity index (χ2n) is 4.84. The average Bonchev–Trinajstić information content (AvgIpc) is 3.22. The maximum Gasteiger partial charge on any atom is 0.316 e. The van der Waals surface area contributed by atoms with E-state index >= 15 is 0 Å². The predicted octanol–water partition coefficient (Wildman–Crippen LogP) is 3.86. The minimum atomic E-state index is -0.301.